The van der Waals surface area contributed by atoms with Gasteiger partial charge in [0, 0.05) is 29.6 Å². The molecule has 1 aromatic heterocycles. The van der Waals surface area contributed by atoms with Crippen LogP contribution in [0.5, 0.6) is 0 Å². The largest absolute Gasteiger partial charge is 0.337 e. The van der Waals surface area contributed by atoms with Gasteiger partial charge in [0.15, 0.2) is 0 Å². The standard InChI is InChI=1S/C18H21BrN4O.ClH/c1-12-17(10-20-23(12)16-4-2-3-13(19)9-16)18(24)22-8-7-14-5-6-15(11-22)21-14;/h2-4,9-10,14-15,21H,5-8,11H2,1H3;1H. The van der Waals surface area contributed by atoms with Crippen molar-refractivity contribution in [3.8, 4) is 5.69 Å². The molecule has 25 heavy (non-hydrogen) atoms. The zero-order chi connectivity index (χ0) is 16.7. The average molecular weight is 426 g/mol. The zero-order valence-electron chi connectivity index (χ0n) is 14.1. The Hall–Kier alpha value is -1.37. The second-order valence-corrected chi connectivity index (χ2v) is 7.63. The number of aromatic nitrogens is 2. The van der Waals surface area contributed by atoms with Crippen LogP contribution in [-0.2, 0) is 0 Å². The van der Waals surface area contributed by atoms with Crippen LogP contribution < -0.4 is 5.32 Å². The lowest BCUT2D eigenvalue weighted by Crippen LogP contribution is -2.39. The van der Waals surface area contributed by atoms with Crippen LogP contribution in [0, 0.1) is 6.92 Å². The fourth-order valence-corrected chi connectivity index (χ4v) is 4.17. The number of hydrogen-bond acceptors (Lipinski definition) is 3. The van der Waals surface area contributed by atoms with Gasteiger partial charge in [0.2, 0.25) is 0 Å². The monoisotopic (exact) mass is 424 g/mol. The number of carbonyl (C=O) groups excluding carboxylic acids is 1. The van der Waals surface area contributed by atoms with Crippen molar-refractivity contribution in [2.45, 2.75) is 38.3 Å². The highest BCUT2D eigenvalue weighted by Gasteiger charge is 2.32. The van der Waals surface area contributed by atoms with E-state index in [1.165, 1.54) is 12.8 Å². The molecule has 2 aromatic rings. The van der Waals surface area contributed by atoms with Crippen LogP contribution in [0.4, 0.5) is 0 Å². The van der Waals surface area contributed by atoms with E-state index in [0.29, 0.717) is 17.6 Å². The Balaban J connectivity index is 0.00000182. The fourth-order valence-electron chi connectivity index (χ4n) is 3.79. The molecule has 2 fully saturated rings. The van der Waals surface area contributed by atoms with Crippen molar-refractivity contribution in [2.75, 3.05) is 13.1 Å². The molecule has 2 saturated heterocycles. The summed E-state index contributed by atoms with van der Waals surface area (Å²) >= 11 is 3.49. The predicted octanol–water partition coefficient (Wildman–Crippen LogP) is 3.33. The van der Waals surface area contributed by atoms with E-state index >= 15 is 0 Å². The van der Waals surface area contributed by atoms with Gasteiger partial charge in [-0.25, -0.2) is 4.68 Å². The van der Waals surface area contributed by atoms with E-state index in [1.807, 2.05) is 40.8 Å². The maximum absolute atomic E-state index is 13.0. The number of nitrogens with zero attached hydrogens (tertiary/aromatic N) is 3. The summed E-state index contributed by atoms with van der Waals surface area (Å²) in [5, 5.41) is 8.07. The van der Waals surface area contributed by atoms with Crippen molar-refractivity contribution in [3.63, 3.8) is 0 Å². The Morgan fingerprint density at radius 3 is 2.88 bits per heavy atom. The molecule has 4 rings (SSSR count). The Morgan fingerprint density at radius 1 is 1.28 bits per heavy atom. The summed E-state index contributed by atoms with van der Waals surface area (Å²) in [7, 11) is 0. The highest BCUT2D eigenvalue weighted by molar-refractivity contribution is 9.10. The summed E-state index contributed by atoms with van der Waals surface area (Å²) in [5.74, 6) is 0.100. The SMILES string of the molecule is Cc1c(C(=O)N2CCC3CCC(C2)N3)cnn1-c1cccc(Br)c1.Cl. The quantitative estimate of drug-likeness (QED) is 0.803. The maximum Gasteiger partial charge on any atom is 0.257 e. The van der Waals surface area contributed by atoms with Crippen LogP contribution in [-0.4, -0.2) is 45.8 Å². The number of hydrogen-bond donors (Lipinski definition) is 1. The van der Waals surface area contributed by atoms with Crippen molar-refractivity contribution in [1.82, 2.24) is 20.0 Å². The first-order valence-electron chi connectivity index (χ1n) is 8.47. The summed E-state index contributed by atoms with van der Waals surface area (Å²) in [6.07, 6.45) is 5.16. The summed E-state index contributed by atoms with van der Waals surface area (Å²) in [6.45, 7) is 3.59. The van der Waals surface area contributed by atoms with Crippen molar-refractivity contribution < 1.29 is 4.79 Å². The van der Waals surface area contributed by atoms with E-state index in [2.05, 4.69) is 26.3 Å². The molecule has 2 aliphatic heterocycles. The van der Waals surface area contributed by atoms with Gasteiger partial charge in [0.1, 0.15) is 0 Å². The minimum Gasteiger partial charge on any atom is -0.337 e. The summed E-state index contributed by atoms with van der Waals surface area (Å²) in [4.78, 5) is 15.0. The zero-order valence-corrected chi connectivity index (χ0v) is 16.5. The van der Waals surface area contributed by atoms with Crippen molar-refractivity contribution in [1.29, 1.82) is 0 Å². The molecular formula is C18H22BrClN4O. The van der Waals surface area contributed by atoms with Gasteiger partial charge in [-0.15, -0.1) is 12.4 Å². The molecule has 0 aliphatic carbocycles. The highest BCUT2D eigenvalue weighted by Crippen LogP contribution is 2.23. The minimum absolute atomic E-state index is 0. The summed E-state index contributed by atoms with van der Waals surface area (Å²) in [6, 6.07) is 8.98. The van der Waals surface area contributed by atoms with Crippen LogP contribution in [0.2, 0.25) is 0 Å². The number of rotatable bonds is 2. The molecule has 1 aromatic carbocycles. The van der Waals surface area contributed by atoms with Gasteiger partial charge in [-0.1, -0.05) is 22.0 Å². The molecule has 1 N–H and O–H groups in total. The van der Waals surface area contributed by atoms with Gasteiger partial charge in [0.05, 0.1) is 23.1 Å². The van der Waals surface area contributed by atoms with Gasteiger partial charge in [-0.05, 0) is 44.4 Å². The highest BCUT2D eigenvalue weighted by atomic mass is 79.9. The molecule has 0 radical (unpaired) electrons. The van der Waals surface area contributed by atoms with Crippen LogP contribution in [0.25, 0.3) is 5.69 Å². The predicted molar refractivity (Wildman–Crippen MR) is 104 cm³/mol. The van der Waals surface area contributed by atoms with Crippen LogP contribution in [0.15, 0.2) is 34.9 Å². The topological polar surface area (TPSA) is 50.2 Å². The molecule has 134 valence electrons. The second-order valence-electron chi connectivity index (χ2n) is 6.71. The third-order valence-electron chi connectivity index (χ3n) is 5.10. The van der Waals surface area contributed by atoms with Gasteiger partial charge in [0.25, 0.3) is 5.91 Å². The maximum atomic E-state index is 13.0. The van der Waals surface area contributed by atoms with Gasteiger partial charge in [-0.3, -0.25) is 4.79 Å². The number of fused-ring (bicyclic) bond motifs is 2. The molecule has 2 unspecified atom stereocenters. The third-order valence-corrected chi connectivity index (χ3v) is 5.60. The molecule has 2 bridgehead atoms. The minimum atomic E-state index is 0. The number of benzene rings is 1. The van der Waals surface area contributed by atoms with E-state index in [1.54, 1.807) is 6.20 Å². The summed E-state index contributed by atoms with van der Waals surface area (Å²) in [5.41, 5.74) is 2.55. The molecule has 7 heteroatoms. The van der Waals surface area contributed by atoms with Crippen molar-refractivity contribution >= 4 is 34.2 Å². The van der Waals surface area contributed by atoms with Crippen LogP contribution in [0.3, 0.4) is 0 Å². The van der Waals surface area contributed by atoms with Gasteiger partial charge in [-0.2, -0.15) is 5.10 Å². The van der Waals surface area contributed by atoms with Crippen molar-refractivity contribution in [2.24, 2.45) is 0 Å². The molecular weight excluding hydrogens is 404 g/mol. The Kier molecular flexibility index (Phi) is 5.51. The fraction of sp³-hybridized carbons (Fsp3) is 0.444. The third kappa shape index (κ3) is 3.61. The van der Waals surface area contributed by atoms with Gasteiger partial charge < -0.3 is 10.2 Å². The Labute approximate surface area is 162 Å². The van der Waals surface area contributed by atoms with E-state index in [-0.39, 0.29) is 18.3 Å². The first-order chi connectivity index (χ1) is 11.6. The molecule has 1 amide bonds. The number of amides is 1. The van der Waals surface area contributed by atoms with E-state index in [0.717, 1.165) is 35.4 Å². The molecule has 2 aliphatic rings. The van der Waals surface area contributed by atoms with Gasteiger partial charge >= 0.3 is 0 Å². The average Bonchev–Trinajstić information content (AvgIpc) is 3.09. The first kappa shape index (κ1) is 18.4. The Bertz CT molecular complexity index is 778. The summed E-state index contributed by atoms with van der Waals surface area (Å²) < 4.78 is 2.83. The van der Waals surface area contributed by atoms with Crippen LogP contribution >= 0.6 is 28.3 Å². The lowest BCUT2D eigenvalue weighted by Gasteiger charge is -2.24. The molecule has 2 atom stereocenters. The van der Waals surface area contributed by atoms with E-state index in [9.17, 15) is 4.79 Å². The smallest absolute Gasteiger partial charge is 0.257 e. The molecule has 0 saturated carbocycles. The number of likely N-dealkylation sites (tertiary alicyclic amines) is 1. The molecule has 0 spiro atoms. The second kappa shape index (κ2) is 7.48. The number of nitrogens with one attached hydrogen (secondary N) is 1. The van der Waals surface area contributed by atoms with Crippen molar-refractivity contribution in [3.05, 3.63) is 46.2 Å². The first-order valence-corrected chi connectivity index (χ1v) is 9.27. The Morgan fingerprint density at radius 2 is 2.08 bits per heavy atom. The van der Waals surface area contributed by atoms with E-state index in [4.69, 9.17) is 0 Å². The lowest BCUT2D eigenvalue weighted by atomic mass is 10.1. The molecule has 3 heterocycles. The van der Waals surface area contributed by atoms with E-state index < -0.39 is 0 Å². The normalized spacial score (nSPS) is 22.4. The van der Waals surface area contributed by atoms with Crippen LogP contribution in [0.1, 0.15) is 35.3 Å². The number of halogens is 2. The lowest BCUT2D eigenvalue weighted by molar-refractivity contribution is 0.0747. The number of carbonyl (C=O) groups is 1. The molecule has 5 nitrogen and oxygen atoms in total.